The molecular weight excluding hydrogens is 166 g/mol. The number of benzene rings is 1. The zero-order chi connectivity index (χ0) is 8.81. The Kier molecular flexibility index (Phi) is 3.69. The lowest BCUT2D eigenvalue weighted by Crippen LogP contribution is -1.92. The van der Waals surface area contributed by atoms with Crippen molar-refractivity contribution in [2.45, 2.75) is 23.5 Å². The molecule has 0 spiro atoms. The van der Waals surface area contributed by atoms with Gasteiger partial charge in [-0.05, 0) is 12.1 Å². The van der Waals surface area contributed by atoms with Crippen LogP contribution in [0.5, 0.6) is 0 Å². The highest BCUT2D eigenvalue weighted by molar-refractivity contribution is 7.99. The van der Waals surface area contributed by atoms with Gasteiger partial charge in [0.25, 0.3) is 0 Å². The zero-order valence-corrected chi connectivity index (χ0v) is 7.84. The Labute approximate surface area is 77.4 Å². The molecule has 0 bridgehead atoms. The van der Waals surface area contributed by atoms with Gasteiger partial charge in [0.1, 0.15) is 0 Å². The first-order chi connectivity index (χ1) is 5.83. The van der Waals surface area contributed by atoms with Gasteiger partial charge in [-0.15, -0.1) is 11.8 Å². The summed E-state index contributed by atoms with van der Waals surface area (Å²) in [6.07, 6.45) is 0.611. The molecular formula is C10H11NS. The maximum absolute atomic E-state index is 8.45. The van der Waals surface area contributed by atoms with Crippen molar-refractivity contribution in [1.82, 2.24) is 0 Å². The predicted molar refractivity (Wildman–Crippen MR) is 52.0 cm³/mol. The molecule has 0 heterocycles. The summed E-state index contributed by atoms with van der Waals surface area (Å²) in [6, 6.07) is 12.3. The van der Waals surface area contributed by atoms with Gasteiger partial charge in [0, 0.05) is 16.6 Å². The van der Waals surface area contributed by atoms with E-state index in [1.807, 2.05) is 18.2 Å². The van der Waals surface area contributed by atoms with Crippen molar-refractivity contribution < 1.29 is 0 Å². The van der Waals surface area contributed by atoms with Crippen molar-refractivity contribution in [1.29, 1.82) is 5.26 Å². The SMILES string of the molecule is CC(CC#N)Sc1ccccc1. The molecule has 1 aromatic rings. The molecule has 0 amide bonds. The smallest absolute Gasteiger partial charge is 0.0633 e. The first kappa shape index (κ1) is 9.15. The molecule has 62 valence electrons. The Hall–Kier alpha value is -0.940. The maximum atomic E-state index is 8.45. The highest BCUT2D eigenvalue weighted by Crippen LogP contribution is 2.23. The van der Waals surface area contributed by atoms with Crippen molar-refractivity contribution in [3.63, 3.8) is 0 Å². The molecule has 0 aromatic heterocycles. The molecule has 1 atom stereocenters. The van der Waals surface area contributed by atoms with E-state index in [2.05, 4.69) is 25.1 Å². The van der Waals surface area contributed by atoms with E-state index in [0.29, 0.717) is 11.7 Å². The van der Waals surface area contributed by atoms with E-state index in [1.54, 1.807) is 11.8 Å². The number of hydrogen-bond donors (Lipinski definition) is 0. The van der Waals surface area contributed by atoms with Crippen LogP contribution >= 0.6 is 11.8 Å². The largest absolute Gasteiger partial charge is 0.198 e. The van der Waals surface area contributed by atoms with Gasteiger partial charge in [-0.25, -0.2) is 0 Å². The molecule has 1 unspecified atom stereocenters. The second-order valence-corrected chi connectivity index (χ2v) is 4.12. The summed E-state index contributed by atoms with van der Waals surface area (Å²) in [4.78, 5) is 1.24. The minimum Gasteiger partial charge on any atom is -0.198 e. The van der Waals surface area contributed by atoms with Gasteiger partial charge in [-0.3, -0.25) is 0 Å². The zero-order valence-electron chi connectivity index (χ0n) is 7.03. The molecule has 1 aromatic carbocycles. The average molecular weight is 177 g/mol. The van der Waals surface area contributed by atoms with Gasteiger partial charge in [-0.2, -0.15) is 5.26 Å². The predicted octanol–water partition coefficient (Wildman–Crippen LogP) is 3.08. The fraction of sp³-hybridized carbons (Fsp3) is 0.300. The van der Waals surface area contributed by atoms with Crippen LogP contribution in [0, 0.1) is 11.3 Å². The Morgan fingerprint density at radius 1 is 1.42 bits per heavy atom. The third-order valence-corrected chi connectivity index (χ3v) is 2.57. The second-order valence-electron chi connectivity index (χ2n) is 2.60. The third-order valence-electron chi connectivity index (χ3n) is 1.46. The van der Waals surface area contributed by atoms with E-state index in [-0.39, 0.29) is 0 Å². The van der Waals surface area contributed by atoms with E-state index in [1.165, 1.54) is 4.90 Å². The quantitative estimate of drug-likeness (QED) is 0.662. The van der Waals surface area contributed by atoms with Crippen LogP contribution < -0.4 is 0 Å². The molecule has 0 aliphatic carbocycles. The summed E-state index contributed by atoms with van der Waals surface area (Å²) >= 11 is 1.75. The molecule has 0 radical (unpaired) electrons. The van der Waals surface area contributed by atoms with Crippen LogP contribution in [0.4, 0.5) is 0 Å². The first-order valence-corrected chi connectivity index (χ1v) is 4.79. The lowest BCUT2D eigenvalue weighted by Gasteiger charge is -2.05. The fourth-order valence-electron chi connectivity index (χ4n) is 0.902. The van der Waals surface area contributed by atoms with Gasteiger partial charge in [0.2, 0.25) is 0 Å². The van der Waals surface area contributed by atoms with Crippen molar-refractivity contribution >= 4 is 11.8 Å². The maximum Gasteiger partial charge on any atom is 0.0633 e. The number of rotatable bonds is 3. The molecule has 0 N–H and O–H groups in total. The molecule has 0 fully saturated rings. The number of nitrogens with zero attached hydrogens (tertiary/aromatic N) is 1. The van der Waals surface area contributed by atoms with Crippen LogP contribution in [-0.2, 0) is 0 Å². The molecule has 0 saturated carbocycles. The summed E-state index contributed by atoms with van der Waals surface area (Å²) in [7, 11) is 0. The van der Waals surface area contributed by atoms with Gasteiger partial charge >= 0.3 is 0 Å². The van der Waals surface area contributed by atoms with Crippen molar-refractivity contribution in [3.8, 4) is 6.07 Å². The number of hydrogen-bond acceptors (Lipinski definition) is 2. The van der Waals surface area contributed by atoms with Crippen LogP contribution in [0.2, 0.25) is 0 Å². The monoisotopic (exact) mass is 177 g/mol. The number of nitriles is 1. The van der Waals surface area contributed by atoms with E-state index in [9.17, 15) is 0 Å². The molecule has 0 saturated heterocycles. The van der Waals surface area contributed by atoms with Gasteiger partial charge in [0.15, 0.2) is 0 Å². The van der Waals surface area contributed by atoms with E-state index in [4.69, 9.17) is 5.26 Å². The summed E-state index contributed by atoms with van der Waals surface area (Å²) < 4.78 is 0. The Balaban J connectivity index is 2.48. The minimum atomic E-state index is 0.386. The Morgan fingerprint density at radius 2 is 2.08 bits per heavy atom. The topological polar surface area (TPSA) is 23.8 Å². The lowest BCUT2D eigenvalue weighted by molar-refractivity contribution is 0.989. The normalized spacial score (nSPS) is 12.0. The van der Waals surface area contributed by atoms with E-state index >= 15 is 0 Å². The van der Waals surface area contributed by atoms with Crippen LogP contribution in [0.3, 0.4) is 0 Å². The standard InChI is InChI=1S/C10H11NS/c1-9(7-8-11)12-10-5-3-2-4-6-10/h2-6,9H,7H2,1H3. The van der Waals surface area contributed by atoms with Gasteiger partial charge in [0.05, 0.1) is 6.07 Å². The molecule has 12 heavy (non-hydrogen) atoms. The first-order valence-electron chi connectivity index (χ1n) is 3.91. The highest BCUT2D eigenvalue weighted by Gasteiger charge is 2.01. The van der Waals surface area contributed by atoms with Crippen LogP contribution in [-0.4, -0.2) is 5.25 Å². The van der Waals surface area contributed by atoms with Crippen molar-refractivity contribution in [2.75, 3.05) is 0 Å². The summed E-state index contributed by atoms with van der Waals surface area (Å²) in [5, 5.41) is 8.84. The second kappa shape index (κ2) is 4.84. The van der Waals surface area contributed by atoms with Gasteiger partial charge in [-0.1, -0.05) is 25.1 Å². The Bertz CT molecular complexity index is 263. The summed E-state index contributed by atoms with van der Waals surface area (Å²) in [6.45, 7) is 2.07. The van der Waals surface area contributed by atoms with Crippen molar-refractivity contribution in [2.24, 2.45) is 0 Å². The van der Waals surface area contributed by atoms with E-state index < -0.39 is 0 Å². The Morgan fingerprint density at radius 3 is 2.67 bits per heavy atom. The number of thioether (sulfide) groups is 1. The lowest BCUT2D eigenvalue weighted by atomic mass is 10.4. The molecule has 1 nitrogen and oxygen atoms in total. The third kappa shape index (κ3) is 2.98. The van der Waals surface area contributed by atoms with E-state index in [0.717, 1.165) is 0 Å². The average Bonchev–Trinajstić information content (AvgIpc) is 2.06. The molecule has 2 heteroatoms. The van der Waals surface area contributed by atoms with Crippen molar-refractivity contribution in [3.05, 3.63) is 30.3 Å². The highest BCUT2D eigenvalue weighted by atomic mass is 32.2. The van der Waals surface area contributed by atoms with Crippen LogP contribution in [0.15, 0.2) is 35.2 Å². The van der Waals surface area contributed by atoms with Gasteiger partial charge < -0.3 is 0 Å². The molecule has 0 aliphatic rings. The summed E-state index contributed by atoms with van der Waals surface area (Å²) in [5.41, 5.74) is 0. The molecule has 1 rings (SSSR count). The summed E-state index contributed by atoms with van der Waals surface area (Å²) in [5.74, 6) is 0. The van der Waals surface area contributed by atoms with Crippen LogP contribution in [0.25, 0.3) is 0 Å². The minimum absolute atomic E-state index is 0.386. The molecule has 0 aliphatic heterocycles. The fourth-order valence-corrected chi connectivity index (χ4v) is 1.84. The van der Waals surface area contributed by atoms with Crippen LogP contribution in [0.1, 0.15) is 13.3 Å².